The standard InChI is InChI=1S/C10H14FNS/c1-8(2)12-13-7-9-4-3-5-10(11)6-9/h3-6,8,12H,7H2,1-2H3. The molecule has 0 spiro atoms. The van der Waals surface area contributed by atoms with Gasteiger partial charge in [0.25, 0.3) is 0 Å². The molecule has 0 aliphatic carbocycles. The maximum Gasteiger partial charge on any atom is 0.123 e. The summed E-state index contributed by atoms with van der Waals surface area (Å²) in [4.78, 5) is 0. The number of nitrogens with one attached hydrogen (secondary N) is 1. The van der Waals surface area contributed by atoms with Crippen molar-refractivity contribution < 1.29 is 4.39 Å². The molecule has 13 heavy (non-hydrogen) atoms. The van der Waals surface area contributed by atoms with Crippen LogP contribution in [0, 0.1) is 5.82 Å². The van der Waals surface area contributed by atoms with Gasteiger partial charge in [0, 0.05) is 11.8 Å². The Balaban J connectivity index is 2.37. The lowest BCUT2D eigenvalue weighted by atomic mass is 10.2. The van der Waals surface area contributed by atoms with Crippen molar-refractivity contribution in [3.8, 4) is 0 Å². The monoisotopic (exact) mass is 199 g/mol. The Morgan fingerprint density at radius 2 is 2.23 bits per heavy atom. The lowest BCUT2D eigenvalue weighted by molar-refractivity contribution is 0.626. The average molecular weight is 199 g/mol. The normalized spacial score (nSPS) is 10.8. The summed E-state index contributed by atoms with van der Waals surface area (Å²) in [6, 6.07) is 7.15. The molecule has 1 aromatic carbocycles. The third-order valence-electron chi connectivity index (χ3n) is 1.45. The van der Waals surface area contributed by atoms with Gasteiger partial charge in [-0.15, -0.1) is 0 Å². The van der Waals surface area contributed by atoms with Crippen molar-refractivity contribution in [1.82, 2.24) is 4.72 Å². The summed E-state index contributed by atoms with van der Waals surface area (Å²) >= 11 is 1.61. The zero-order valence-corrected chi connectivity index (χ0v) is 8.70. The van der Waals surface area contributed by atoms with Gasteiger partial charge in [-0.3, -0.25) is 4.72 Å². The Labute approximate surface area is 82.9 Å². The summed E-state index contributed by atoms with van der Waals surface area (Å²) in [6.45, 7) is 4.16. The molecule has 0 radical (unpaired) electrons. The van der Waals surface area contributed by atoms with Crippen LogP contribution in [0.4, 0.5) is 4.39 Å². The summed E-state index contributed by atoms with van der Waals surface area (Å²) in [5.74, 6) is 0.637. The lowest BCUT2D eigenvalue weighted by Crippen LogP contribution is -2.14. The molecule has 1 aromatic rings. The van der Waals surface area contributed by atoms with Gasteiger partial charge < -0.3 is 0 Å². The van der Waals surface area contributed by atoms with E-state index in [1.54, 1.807) is 24.1 Å². The molecule has 0 aromatic heterocycles. The minimum Gasteiger partial charge on any atom is -0.261 e. The van der Waals surface area contributed by atoms with Crippen LogP contribution in [0.1, 0.15) is 19.4 Å². The van der Waals surface area contributed by atoms with E-state index in [0.717, 1.165) is 11.3 Å². The van der Waals surface area contributed by atoms with Crippen LogP contribution in [0.25, 0.3) is 0 Å². The first kappa shape index (κ1) is 10.5. The van der Waals surface area contributed by atoms with E-state index in [-0.39, 0.29) is 5.82 Å². The highest BCUT2D eigenvalue weighted by atomic mass is 32.2. The summed E-state index contributed by atoms with van der Waals surface area (Å²) in [5.41, 5.74) is 1.01. The van der Waals surface area contributed by atoms with Gasteiger partial charge in [0.05, 0.1) is 0 Å². The highest BCUT2D eigenvalue weighted by molar-refractivity contribution is 7.96. The number of hydrogen-bond acceptors (Lipinski definition) is 2. The molecular weight excluding hydrogens is 185 g/mol. The van der Waals surface area contributed by atoms with Gasteiger partial charge in [0.15, 0.2) is 0 Å². The molecule has 3 heteroatoms. The van der Waals surface area contributed by atoms with Crippen molar-refractivity contribution >= 4 is 11.9 Å². The largest absolute Gasteiger partial charge is 0.261 e. The molecular formula is C10H14FNS. The predicted octanol–water partition coefficient (Wildman–Crippen LogP) is 2.97. The van der Waals surface area contributed by atoms with E-state index < -0.39 is 0 Å². The number of hydrogen-bond donors (Lipinski definition) is 1. The van der Waals surface area contributed by atoms with Crippen LogP contribution in [-0.4, -0.2) is 6.04 Å². The molecule has 0 aliphatic rings. The maximum atomic E-state index is 12.7. The molecule has 1 rings (SSSR count). The third kappa shape index (κ3) is 4.29. The van der Waals surface area contributed by atoms with Crippen molar-refractivity contribution in [2.75, 3.05) is 0 Å². The first-order valence-electron chi connectivity index (χ1n) is 4.30. The second-order valence-electron chi connectivity index (χ2n) is 3.19. The van der Waals surface area contributed by atoms with Crippen molar-refractivity contribution in [2.45, 2.75) is 25.6 Å². The minimum absolute atomic E-state index is 0.164. The molecule has 0 unspecified atom stereocenters. The van der Waals surface area contributed by atoms with E-state index in [0.29, 0.717) is 6.04 Å². The first-order chi connectivity index (χ1) is 6.18. The number of halogens is 1. The van der Waals surface area contributed by atoms with Crippen molar-refractivity contribution in [3.63, 3.8) is 0 Å². The maximum absolute atomic E-state index is 12.7. The summed E-state index contributed by atoms with van der Waals surface area (Å²) in [5, 5.41) is 0. The Kier molecular flexibility index (Phi) is 4.25. The van der Waals surface area contributed by atoms with E-state index in [2.05, 4.69) is 18.6 Å². The smallest absolute Gasteiger partial charge is 0.123 e. The highest BCUT2D eigenvalue weighted by Crippen LogP contribution is 2.10. The van der Waals surface area contributed by atoms with Gasteiger partial charge in [-0.05, 0) is 31.5 Å². The van der Waals surface area contributed by atoms with Crippen LogP contribution >= 0.6 is 11.9 Å². The van der Waals surface area contributed by atoms with Crippen LogP contribution in [0.15, 0.2) is 24.3 Å². The first-order valence-corrected chi connectivity index (χ1v) is 5.29. The molecule has 0 heterocycles. The molecule has 0 bridgehead atoms. The fourth-order valence-corrected chi connectivity index (χ4v) is 1.68. The van der Waals surface area contributed by atoms with Crippen LogP contribution < -0.4 is 4.72 Å². The van der Waals surface area contributed by atoms with E-state index in [9.17, 15) is 4.39 Å². The fourth-order valence-electron chi connectivity index (χ4n) is 0.918. The van der Waals surface area contributed by atoms with E-state index in [1.807, 2.05) is 6.07 Å². The molecule has 0 aliphatic heterocycles. The summed E-state index contributed by atoms with van der Waals surface area (Å²) in [7, 11) is 0. The van der Waals surface area contributed by atoms with Crippen LogP contribution in [0.2, 0.25) is 0 Å². The molecule has 0 fully saturated rings. The Bertz CT molecular complexity index is 263. The minimum atomic E-state index is -0.164. The molecule has 72 valence electrons. The Morgan fingerprint density at radius 1 is 1.46 bits per heavy atom. The van der Waals surface area contributed by atoms with Crippen molar-refractivity contribution in [1.29, 1.82) is 0 Å². The van der Waals surface area contributed by atoms with Gasteiger partial charge >= 0.3 is 0 Å². The van der Waals surface area contributed by atoms with Crippen molar-refractivity contribution in [2.24, 2.45) is 0 Å². The average Bonchev–Trinajstić information content (AvgIpc) is 2.03. The SMILES string of the molecule is CC(C)NSCc1cccc(F)c1. The molecule has 1 N–H and O–H groups in total. The van der Waals surface area contributed by atoms with Gasteiger partial charge in [0.1, 0.15) is 5.82 Å². The second-order valence-corrected chi connectivity index (χ2v) is 4.00. The zero-order valence-electron chi connectivity index (χ0n) is 7.88. The van der Waals surface area contributed by atoms with Crippen LogP contribution in [-0.2, 0) is 5.75 Å². The van der Waals surface area contributed by atoms with E-state index >= 15 is 0 Å². The third-order valence-corrected chi connectivity index (χ3v) is 2.56. The molecule has 0 saturated carbocycles. The molecule has 0 amide bonds. The van der Waals surface area contributed by atoms with Crippen LogP contribution in [0.3, 0.4) is 0 Å². The molecule has 0 saturated heterocycles. The Hall–Kier alpha value is -0.540. The van der Waals surface area contributed by atoms with Crippen molar-refractivity contribution in [3.05, 3.63) is 35.6 Å². The van der Waals surface area contributed by atoms with Gasteiger partial charge in [0.2, 0.25) is 0 Å². The van der Waals surface area contributed by atoms with Crippen LogP contribution in [0.5, 0.6) is 0 Å². The molecule has 1 nitrogen and oxygen atoms in total. The Morgan fingerprint density at radius 3 is 2.85 bits per heavy atom. The highest BCUT2D eigenvalue weighted by Gasteiger charge is 1.96. The summed E-state index contributed by atoms with van der Waals surface area (Å²) in [6.07, 6.45) is 0. The number of benzene rings is 1. The lowest BCUT2D eigenvalue weighted by Gasteiger charge is -2.06. The van der Waals surface area contributed by atoms with Gasteiger partial charge in [-0.1, -0.05) is 24.1 Å². The second kappa shape index (κ2) is 5.25. The molecule has 0 atom stereocenters. The predicted molar refractivity (Wildman–Crippen MR) is 56.0 cm³/mol. The topological polar surface area (TPSA) is 12.0 Å². The van der Waals surface area contributed by atoms with E-state index in [1.165, 1.54) is 6.07 Å². The zero-order chi connectivity index (χ0) is 9.68. The quantitative estimate of drug-likeness (QED) is 0.748. The van der Waals surface area contributed by atoms with E-state index in [4.69, 9.17) is 0 Å². The summed E-state index contributed by atoms with van der Waals surface area (Å²) < 4.78 is 15.9. The fraction of sp³-hybridized carbons (Fsp3) is 0.400. The van der Waals surface area contributed by atoms with Gasteiger partial charge in [-0.2, -0.15) is 0 Å². The number of rotatable bonds is 4. The van der Waals surface area contributed by atoms with Gasteiger partial charge in [-0.25, -0.2) is 4.39 Å².